The van der Waals surface area contributed by atoms with E-state index >= 15 is 0 Å². The number of rotatable bonds is 5. The number of carboxylic acids is 1. The van der Waals surface area contributed by atoms with Crippen molar-refractivity contribution < 1.29 is 19.1 Å². The Labute approximate surface area is 129 Å². The number of aryl methyl sites for hydroxylation is 1. The maximum absolute atomic E-state index is 12.2. The van der Waals surface area contributed by atoms with Gasteiger partial charge < -0.3 is 14.8 Å². The SMILES string of the molecule is CCc1ccc(C(C)(C)NC(=O)c2ccc(C(=O)O)o2)cc1. The van der Waals surface area contributed by atoms with Crippen molar-refractivity contribution in [1.29, 1.82) is 0 Å². The molecule has 0 spiro atoms. The predicted octanol–water partition coefficient (Wildman–Crippen LogP) is 3.21. The van der Waals surface area contributed by atoms with Crippen molar-refractivity contribution in [3.8, 4) is 0 Å². The molecule has 0 aliphatic heterocycles. The Morgan fingerprint density at radius 3 is 2.18 bits per heavy atom. The zero-order valence-corrected chi connectivity index (χ0v) is 12.8. The van der Waals surface area contributed by atoms with E-state index in [-0.39, 0.29) is 11.5 Å². The van der Waals surface area contributed by atoms with Crippen LogP contribution in [0, 0.1) is 0 Å². The number of carboxylic acid groups (broad SMARTS) is 1. The predicted molar refractivity (Wildman–Crippen MR) is 82.0 cm³/mol. The van der Waals surface area contributed by atoms with Crippen molar-refractivity contribution in [2.45, 2.75) is 32.7 Å². The molecule has 22 heavy (non-hydrogen) atoms. The normalized spacial score (nSPS) is 11.2. The number of amides is 1. The van der Waals surface area contributed by atoms with Gasteiger partial charge in [0.25, 0.3) is 5.91 Å². The monoisotopic (exact) mass is 301 g/mol. The van der Waals surface area contributed by atoms with Crippen LogP contribution >= 0.6 is 0 Å². The number of hydrogen-bond acceptors (Lipinski definition) is 3. The Morgan fingerprint density at radius 1 is 1.09 bits per heavy atom. The van der Waals surface area contributed by atoms with Crippen LogP contribution in [0.25, 0.3) is 0 Å². The maximum atomic E-state index is 12.2. The molecule has 0 bridgehead atoms. The van der Waals surface area contributed by atoms with Crippen LogP contribution in [0.2, 0.25) is 0 Å². The summed E-state index contributed by atoms with van der Waals surface area (Å²) in [5, 5.41) is 11.7. The third-order valence-electron chi connectivity index (χ3n) is 3.55. The van der Waals surface area contributed by atoms with Gasteiger partial charge in [-0.3, -0.25) is 4.79 Å². The molecule has 1 aromatic heterocycles. The first kappa shape index (κ1) is 15.8. The second-order valence-corrected chi connectivity index (χ2v) is 5.60. The minimum absolute atomic E-state index is 0.0179. The molecule has 0 aliphatic carbocycles. The zero-order chi connectivity index (χ0) is 16.3. The van der Waals surface area contributed by atoms with Crippen molar-refractivity contribution in [1.82, 2.24) is 5.32 Å². The molecule has 0 aliphatic rings. The van der Waals surface area contributed by atoms with E-state index in [1.807, 2.05) is 38.1 Å². The van der Waals surface area contributed by atoms with Crippen LogP contribution in [0.5, 0.6) is 0 Å². The molecule has 5 nitrogen and oxygen atoms in total. The van der Waals surface area contributed by atoms with Gasteiger partial charge in [0.15, 0.2) is 5.76 Å². The van der Waals surface area contributed by atoms with E-state index in [9.17, 15) is 9.59 Å². The summed E-state index contributed by atoms with van der Waals surface area (Å²) in [4.78, 5) is 23.0. The van der Waals surface area contributed by atoms with Crippen LogP contribution in [-0.4, -0.2) is 17.0 Å². The average molecular weight is 301 g/mol. The lowest BCUT2D eigenvalue weighted by molar-refractivity contribution is 0.0659. The second-order valence-electron chi connectivity index (χ2n) is 5.60. The Hall–Kier alpha value is -2.56. The summed E-state index contributed by atoms with van der Waals surface area (Å²) in [6.07, 6.45) is 0.956. The Balaban J connectivity index is 2.15. The van der Waals surface area contributed by atoms with Gasteiger partial charge in [-0.1, -0.05) is 31.2 Å². The Bertz CT molecular complexity index is 683. The molecule has 1 amide bonds. The molecule has 0 atom stereocenters. The summed E-state index contributed by atoms with van der Waals surface area (Å²) in [6.45, 7) is 5.85. The topological polar surface area (TPSA) is 79.5 Å². The lowest BCUT2D eigenvalue weighted by Crippen LogP contribution is -2.40. The van der Waals surface area contributed by atoms with Crippen LogP contribution in [0.4, 0.5) is 0 Å². The summed E-state index contributed by atoms with van der Waals surface area (Å²) in [5.41, 5.74) is 1.59. The number of carbonyl (C=O) groups excluding carboxylic acids is 1. The Morgan fingerprint density at radius 2 is 1.68 bits per heavy atom. The smallest absolute Gasteiger partial charge is 0.371 e. The van der Waals surface area contributed by atoms with Gasteiger partial charge in [-0.25, -0.2) is 4.79 Å². The first-order valence-electron chi connectivity index (χ1n) is 7.08. The zero-order valence-electron chi connectivity index (χ0n) is 12.8. The van der Waals surface area contributed by atoms with E-state index in [4.69, 9.17) is 9.52 Å². The molecule has 2 N–H and O–H groups in total. The highest BCUT2D eigenvalue weighted by atomic mass is 16.4. The van der Waals surface area contributed by atoms with Crippen molar-refractivity contribution in [2.75, 3.05) is 0 Å². The molecule has 2 aromatic rings. The van der Waals surface area contributed by atoms with Gasteiger partial charge >= 0.3 is 5.97 Å². The van der Waals surface area contributed by atoms with Crippen LogP contribution in [0.15, 0.2) is 40.8 Å². The third-order valence-corrected chi connectivity index (χ3v) is 3.55. The lowest BCUT2D eigenvalue weighted by atomic mass is 9.93. The Kier molecular flexibility index (Phi) is 4.35. The fraction of sp³-hybridized carbons (Fsp3) is 0.294. The molecule has 0 radical (unpaired) electrons. The number of aromatic carboxylic acids is 1. The van der Waals surface area contributed by atoms with Crippen molar-refractivity contribution in [3.05, 3.63) is 59.0 Å². The third kappa shape index (κ3) is 3.36. The minimum Gasteiger partial charge on any atom is -0.475 e. The molecule has 0 fully saturated rings. The highest BCUT2D eigenvalue weighted by Crippen LogP contribution is 2.21. The van der Waals surface area contributed by atoms with Gasteiger partial charge in [-0.2, -0.15) is 0 Å². The van der Waals surface area contributed by atoms with Gasteiger partial charge in [-0.05, 0) is 43.5 Å². The molecular formula is C17H19NO4. The summed E-state index contributed by atoms with van der Waals surface area (Å²) < 4.78 is 5.01. The first-order valence-corrected chi connectivity index (χ1v) is 7.08. The summed E-state index contributed by atoms with van der Waals surface area (Å²) in [6, 6.07) is 10.6. The van der Waals surface area contributed by atoms with Crippen molar-refractivity contribution in [2.24, 2.45) is 0 Å². The molecule has 116 valence electrons. The van der Waals surface area contributed by atoms with Gasteiger partial charge in [0.1, 0.15) is 0 Å². The van der Waals surface area contributed by atoms with E-state index in [2.05, 4.69) is 12.2 Å². The molecule has 1 aromatic carbocycles. The number of hydrogen-bond donors (Lipinski definition) is 2. The van der Waals surface area contributed by atoms with E-state index in [0.29, 0.717) is 0 Å². The number of carbonyl (C=O) groups is 2. The summed E-state index contributed by atoms with van der Waals surface area (Å²) in [7, 11) is 0. The van der Waals surface area contributed by atoms with E-state index in [0.717, 1.165) is 12.0 Å². The summed E-state index contributed by atoms with van der Waals surface area (Å²) >= 11 is 0. The molecule has 5 heteroatoms. The van der Waals surface area contributed by atoms with Crippen LogP contribution in [0.3, 0.4) is 0 Å². The second kappa shape index (κ2) is 6.05. The molecule has 0 saturated carbocycles. The van der Waals surface area contributed by atoms with E-state index in [1.54, 1.807) is 0 Å². The standard InChI is InChI=1S/C17H19NO4/c1-4-11-5-7-12(8-6-11)17(2,3)18-15(19)13-9-10-14(22-13)16(20)21/h5-10H,4H2,1-3H3,(H,18,19)(H,20,21). The number of benzene rings is 1. The van der Waals surface area contributed by atoms with Gasteiger partial charge in [-0.15, -0.1) is 0 Å². The van der Waals surface area contributed by atoms with Gasteiger partial charge in [0.2, 0.25) is 5.76 Å². The van der Waals surface area contributed by atoms with E-state index < -0.39 is 17.4 Å². The fourth-order valence-electron chi connectivity index (χ4n) is 2.15. The number of nitrogens with one attached hydrogen (secondary N) is 1. The average Bonchev–Trinajstić information content (AvgIpc) is 2.97. The molecule has 1 heterocycles. The number of furan rings is 1. The van der Waals surface area contributed by atoms with Gasteiger partial charge in [0, 0.05) is 0 Å². The lowest BCUT2D eigenvalue weighted by Gasteiger charge is -2.26. The van der Waals surface area contributed by atoms with Crippen LogP contribution in [0.1, 0.15) is 53.0 Å². The van der Waals surface area contributed by atoms with Crippen molar-refractivity contribution >= 4 is 11.9 Å². The molecule has 2 rings (SSSR count). The highest BCUT2D eigenvalue weighted by Gasteiger charge is 2.25. The quantitative estimate of drug-likeness (QED) is 0.888. The van der Waals surface area contributed by atoms with E-state index in [1.165, 1.54) is 17.7 Å². The molecule has 0 saturated heterocycles. The first-order chi connectivity index (χ1) is 10.3. The fourth-order valence-corrected chi connectivity index (χ4v) is 2.15. The van der Waals surface area contributed by atoms with Crippen LogP contribution < -0.4 is 5.32 Å². The molecular weight excluding hydrogens is 282 g/mol. The minimum atomic E-state index is -1.20. The van der Waals surface area contributed by atoms with Crippen molar-refractivity contribution in [3.63, 3.8) is 0 Å². The van der Waals surface area contributed by atoms with Crippen LogP contribution in [-0.2, 0) is 12.0 Å². The summed E-state index contributed by atoms with van der Waals surface area (Å²) in [5.74, 6) is -1.92. The highest BCUT2D eigenvalue weighted by molar-refractivity contribution is 5.94. The largest absolute Gasteiger partial charge is 0.475 e. The maximum Gasteiger partial charge on any atom is 0.371 e. The van der Waals surface area contributed by atoms with Gasteiger partial charge in [0.05, 0.1) is 5.54 Å². The molecule has 0 unspecified atom stereocenters.